The number of ketones is 1. The van der Waals surface area contributed by atoms with E-state index in [4.69, 9.17) is 5.73 Å². The first-order valence-electron chi connectivity index (χ1n) is 5.26. The minimum atomic E-state index is -2.50. The Morgan fingerprint density at radius 2 is 2.18 bits per heavy atom. The number of anilines is 1. The normalized spacial score (nSPS) is 10.8. The standard InChI is InChI=1S/C12H15F2NO2/c1-8-6-9(15)2-3-10(8)11(16)4-5-17-7-12(13)14/h2-3,6,12H,4-5,7,15H2,1H3. The fourth-order valence-corrected chi connectivity index (χ4v) is 1.47. The highest BCUT2D eigenvalue weighted by Crippen LogP contribution is 2.14. The molecule has 0 unspecified atom stereocenters. The molecule has 0 aromatic heterocycles. The number of nitrogens with two attached hydrogens (primary N) is 1. The van der Waals surface area contributed by atoms with Gasteiger partial charge in [-0.15, -0.1) is 0 Å². The Labute approximate surface area is 98.6 Å². The molecule has 0 fully saturated rings. The summed E-state index contributed by atoms with van der Waals surface area (Å²) in [4.78, 5) is 11.7. The smallest absolute Gasteiger partial charge is 0.261 e. The van der Waals surface area contributed by atoms with Gasteiger partial charge in [0.15, 0.2) is 5.78 Å². The lowest BCUT2D eigenvalue weighted by Gasteiger charge is -2.06. The molecule has 1 rings (SSSR count). The van der Waals surface area contributed by atoms with E-state index in [1.54, 1.807) is 25.1 Å². The average molecular weight is 243 g/mol. The molecule has 94 valence electrons. The summed E-state index contributed by atoms with van der Waals surface area (Å²) in [6, 6.07) is 4.98. The molecule has 0 aliphatic rings. The van der Waals surface area contributed by atoms with Crippen molar-refractivity contribution in [3.05, 3.63) is 29.3 Å². The van der Waals surface area contributed by atoms with Crippen molar-refractivity contribution in [3.8, 4) is 0 Å². The second kappa shape index (κ2) is 6.30. The zero-order chi connectivity index (χ0) is 12.8. The Morgan fingerprint density at radius 3 is 2.76 bits per heavy atom. The Kier molecular flexibility index (Phi) is 5.03. The maximum Gasteiger partial charge on any atom is 0.261 e. The number of Topliss-reactive ketones (excluding diaryl/α,β-unsaturated/α-hetero) is 1. The fourth-order valence-electron chi connectivity index (χ4n) is 1.47. The van der Waals surface area contributed by atoms with E-state index in [2.05, 4.69) is 4.74 Å². The predicted molar refractivity (Wildman–Crippen MR) is 61.4 cm³/mol. The van der Waals surface area contributed by atoms with E-state index >= 15 is 0 Å². The van der Waals surface area contributed by atoms with Gasteiger partial charge in [-0.2, -0.15) is 0 Å². The van der Waals surface area contributed by atoms with E-state index in [0.29, 0.717) is 11.3 Å². The molecule has 0 radical (unpaired) electrons. The number of carbonyl (C=O) groups excluding carboxylic acids is 1. The maximum atomic E-state index is 11.8. The third kappa shape index (κ3) is 4.48. The van der Waals surface area contributed by atoms with Gasteiger partial charge in [-0.3, -0.25) is 4.79 Å². The molecular formula is C12H15F2NO2. The summed E-state index contributed by atoms with van der Waals surface area (Å²) in [6.45, 7) is 1.16. The first-order chi connectivity index (χ1) is 8.00. The number of alkyl halides is 2. The van der Waals surface area contributed by atoms with Crippen LogP contribution in [0.4, 0.5) is 14.5 Å². The summed E-state index contributed by atoms with van der Waals surface area (Å²) >= 11 is 0. The van der Waals surface area contributed by atoms with Gasteiger partial charge in [-0.1, -0.05) is 0 Å². The molecule has 17 heavy (non-hydrogen) atoms. The number of halogens is 2. The average Bonchev–Trinajstić information content (AvgIpc) is 2.23. The summed E-state index contributed by atoms with van der Waals surface area (Å²) in [5.74, 6) is -0.128. The van der Waals surface area contributed by atoms with E-state index in [-0.39, 0.29) is 18.8 Å². The molecule has 0 atom stereocenters. The van der Waals surface area contributed by atoms with Crippen molar-refractivity contribution in [1.29, 1.82) is 0 Å². The quantitative estimate of drug-likeness (QED) is 0.474. The number of benzene rings is 1. The lowest BCUT2D eigenvalue weighted by molar-refractivity contribution is 0.0169. The van der Waals surface area contributed by atoms with Gasteiger partial charge in [-0.25, -0.2) is 8.78 Å². The van der Waals surface area contributed by atoms with E-state index in [0.717, 1.165) is 5.56 Å². The first-order valence-corrected chi connectivity index (χ1v) is 5.26. The lowest BCUT2D eigenvalue weighted by Crippen LogP contribution is -2.10. The summed E-state index contributed by atoms with van der Waals surface area (Å²) in [5.41, 5.74) is 7.49. The number of hydrogen-bond acceptors (Lipinski definition) is 3. The van der Waals surface area contributed by atoms with Gasteiger partial charge >= 0.3 is 0 Å². The zero-order valence-corrected chi connectivity index (χ0v) is 9.58. The van der Waals surface area contributed by atoms with Crippen molar-refractivity contribution in [3.63, 3.8) is 0 Å². The lowest BCUT2D eigenvalue weighted by atomic mass is 10.0. The minimum Gasteiger partial charge on any atom is -0.399 e. The highest BCUT2D eigenvalue weighted by atomic mass is 19.3. The predicted octanol–water partition coefficient (Wildman–Crippen LogP) is 2.43. The van der Waals surface area contributed by atoms with E-state index in [1.165, 1.54) is 0 Å². The zero-order valence-electron chi connectivity index (χ0n) is 9.58. The van der Waals surface area contributed by atoms with Crippen LogP contribution in [0.25, 0.3) is 0 Å². The molecule has 5 heteroatoms. The molecule has 0 saturated carbocycles. The molecule has 0 saturated heterocycles. The van der Waals surface area contributed by atoms with Gasteiger partial charge in [-0.05, 0) is 30.7 Å². The van der Waals surface area contributed by atoms with Crippen LogP contribution in [0.1, 0.15) is 22.3 Å². The summed E-state index contributed by atoms with van der Waals surface area (Å²) < 4.78 is 28.2. The second-order valence-electron chi connectivity index (χ2n) is 3.71. The number of nitrogen functional groups attached to an aromatic ring is 1. The van der Waals surface area contributed by atoms with Crippen LogP contribution in [-0.4, -0.2) is 25.4 Å². The van der Waals surface area contributed by atoms with Gasteiger partial charge in [0.2, 0.25) is 0 Å². The van der Waals surface area contributed by atoms with Crippen LogP contribution in [0, 0.1) is 6.92 Å². The van der Waals surface area contributed by atoms with Crippen molar-refractivity contribution in [1.82, 2.24) is 0 Å². The molecule has 0 bridgehead atoms. The Bertz CT molecular complexity index is 394. The summed E-state index contributed by atoms with van der Waals surface area (Å²) in [7, 11) is 0. The molecule has 1 aromatic rings. The van der Waals surface area contributed by atoms with Crippen LogP contribution in [-0.2, 0) is 4.74 Å². The van der Waals surface area contributed by atoms with Crippen molar-refractivity contribution in [2.24, 2.45) is 0 Å². The molecule has 0 aliphatic carbocycles. The van der Waals surface area contributed by atoms with Crippen LogP contribution in [0.2, 0.25) is 0 Å². The Morgan fingerprint density at radius 1 is 1.47 bits per heavy atom. The largest absolute Gasteiger partial charge is 0.399 e. The maximum absolute atomic E-state index is 11.8. The number of ether oxygens (including phenoxy) is 1. The van der Waals surface area contributed by atoms with Crippen LogP contribution in [0.3, 0.4) is 0 Å². The van der Waals surface area contributed by atoms with Crippen LogP contribution >= 0.6 is 0 Å². The first kappa shape index (κ1) is 13.6. The Balaban J connectivity index is 2.47. The van der Waals surface area contributed by atoms with Gasteiger partial charge in [0.05, 0.1) is 6.61 Å². The SMILES string of the molecule is Cc1cc(N)ccc1C(=O)CCOCC(F)F. The summed E-state index contributed by atoms with van der Waals surface area (Å²) in [5, 5.41) is 0. The van der Waals surface area contributed by atoms with Crippen LogP contribution in [0.5, 0.6) is 0 Å². The van der Waals surface area contributed by atoms with Crippen molar-refractivity contribution < 1.29 is 18.3 Å². The highest BCUT2D eigenvalue weighted by Gasteiger charge is 2.09. The van der Waals surface area contributed by atoms with Crippen LogP contribution < -0.4 is 5.73 Å². The summed E-state index contributed by atoms with van der Waals surface area (Å²) in [6.07, 6.45) is -2.40. The van der Waals surface area contributed by atoms with E-state index < -0.39 is 13.0 Å². The third-order valence-corrected chi connectivity index (χ3v) is 2.27. The molecule has 0 amide bonds. The molecule has 2 N–H and O–H groups in total. The number of carbonyl (C=O) groups is 1. The molecule has 0 spiro atoms. The van der Waals surface area contributed by atoms with Gasteiger partial charge in [0, 0.05) is 17.7 Å². The van der Waals surface area contributed by atoms with Gasteiger partial charge in [0.1, 0.15) is 6.61 Å². The molecule has 0 aliphatic heterocycles. The van der Waals surface area contributed by atoms with Crippen molar-refractivity contribution >= 4 is 11.5 Å². The molecular weight excluding hydrogens is 228 g/mol. The monoisotopic (exact) mass is 243 g/mol. The minimum absolute atomic E-state index is 0.00693. The van der Waals surface area contributed by atoms with E-state index in [1.807, 2.05) is 0 Å². The second-order valence-corrected chi connectivity index (χ2v) is 3.71. The highest BCUT2D eigenvalue weighted by molar-refractivity contribution is 5.97. The van der Waals surface area contributed by atoms with Gasteiger partial charge in [0.25, 0.3) is 6.43 Å². The molecule has 3 nitrogen and oxygen atoms in total. The topological polar surface area (TPSA) is 52.3 Å². The number of rotatable bonds is 6. The molecule has 1 aromatic carbocycles. The number of aryl methyl sites for hydroxylation is 1. The van der Waals surface area contributed by atoms with Crippen molar-refractivity contribution in [2.45, 2.75) is 19.8 Å². The number of hydrogen-bond donors (Lipinski definition) is 1. The van der Waals surface area contributed by atoms with Gasteiger partial charge < -0.3 is 10.5 Å². The molecule has 0 heterocycles. The van der Waals surface area contributed by atoms with Crippen LogP contribution in [0.15, 0.2) is 18.2 Å². The van der Waals surface area contributed by atoms with E-state index in [9.17, 15) is 13.6 Å². The fraction of sp³-hybridized carbons (Fsp3) is 0.417. The third-order valence-electron chi connectivity index (χ3n) is 2.27. The van der Waals surface area contributed by atoms with Crippen molar-refractivity contribution in [2.75, 3.05) is 18.9 Å². The Hall–Kier alpha value is -1.49.